The number of carboxylic acids is 1. The van der Waals surface area contributed by atoms with Crippen molar-refractivity contribution < 1.29 is 24.9 Å². The zero-order chi connectivity index (χ0) is 11.8. The Kier molecular flexibility index (Phi) is 30.0. The third-order valence-electron chi connectivity index (χ3n) is 0.646. The van der Waals surface area contributed by atoms with Crippen LogP contribution in [0.15, 0.2) is 25.8 Å². The average molecular weight is 206 g/mol. The molecule has 0 unspecified atom stereocenters. The lowest BCUT2D eigenvalue weighted by atomic mass is 10.7. The van der Waals surface area contributed by atoms with Crippen LogP contribution < -0.4 is 0 Å². The molecule has 0 atom stereocenters. The number of aliphatic carboxylic acids is 1. The zero-order valence-corrected chi connectivity index (χ0v) is 8.19. The third kappa shape index (κ3) is 44.9. The van der Waals surface area contributed by atoms with Crippen LogP contribution in [0.5, 0.6) is 0 Å². The fourth-order valence-electron chi connectivity index (χ4n) is 0.231. The van der Waals surface area contributed by atoms with Crippen LogP contribution in [0.4, 0.5) is 0 Å². The first kappa shape index (κ1) is 18.6. The normalized spacial score (nSPS) is 7.29. The fourth-order valence-corrected chi connectivity index (χ4v) is 0.231. The van der Waals surface area contributed by atoms with Gasteiger partial charge in [0.25, 0.3) is 0 Å². The molecule has 0 rings (SSSR count). The highest BCUT2D eigenvalue weighted by molar-refractivity contribution is 5.78. The van der Waals surface area contributed by atoms with Gasteiger partial charge in [0.15, 0.2) is 0 Å². The monoisotopic (exact) mass is 206 g/mol. The van der Waals surface area contributed by atoms with Crippen molar-refractivity contribution in [2.24, 2.45) is 0 Å². The Bertz CT molecular complexity index is 120. The van der Waals surface area contributed by atoms with Gasteiger partial charge in [-0.05, 0) is 0 Å². The van der Waals surface area contributed by atoms with E-state index in [4.69, 9.17) is 15.3 Å². The van der Waals surface area contributed by atoms with Crippen molar-refractivity contribution in [3.63, 3.8) is 0 Å². The van der Waals surface area contributed by atoms with Gasteiger partial charge in [0.1, 0.15) is 0 Å². The van der Waals surface area contributed by atoms with Crippen LogP contribution in [-0.2, 0) is 9.53 Å². The maximum Gasteiger partial charge on any atom is 0.327 e. The van der Waals surface area contributed by atoms with Crippen LogP contribution in [-0.4, -0.2) is 47.7 Å². The highest BCUT2D eigenvalue weighted by Crippen LogP contribution is 1.68. The molecule has 0 heterocycles. The second-order valence-corrected chi connectivity index (χ2v) is 1.60. The second kappa shape index (κ2) is 22.6. The fraction of sp³-hybridized carbons (Fsp3) is 0.444. The Hall–Kier alpha value is -1.17. The van der Waals surface area contributed by atoms with Crippen molar-refractivity contribution in [2.75, 3.05) is 26.4 Å². The van der Waals surface area contributed by atoms with Crippen LogP contribution in [0.2, 0.25) is 0 Å². The van der Waals surface area contributed by atoms with E-state index in [0.717, 1.165) is 6.08 Å². The van der Waals surface area contributed by atoms with Gasteiger partial charge < -0.3 is 20.1 Å². The number of hydrogen-bond donors (Lipinski definition) is 3. The molecular weight excluding hydrogens is 188 g/mol. The summed E-state index contributed by atoms with van der Waals surface area (Å²) in [5.74, 6) is -0.981. The van der Waals surface area contributed by atoms with Gasteiger partial charge in [0.2, 0.25) is 0 Å². The summed E-state index contributed by atoms with van der Waals surface area (Å²) in [6, 6.07) is 0. The number of aliphatic hydroxyl groups excluding tert-OH is 2. The standard InChI is InChI=1S/C4H10O3.C3H4O2.C2H4/c5-1-3-7-4-2-6;1-2-3(4)5;1-2/h5-6H,1-4H2;2H,1H2,(H,4,5);1-2H2. The molecular formula is C9H18O5. The number of rotatable bonds is 5. The third-order valence-corrected chi connectivity index (χ3v) is 0.646. The summed E-state index contributed by atoms with van der Waals surface area (Å²) in [5, 5.41) is 23.8. The van der Waals surface area contributed by atoms with Crippen molar-refractivity contribution in [3.8, 4) is 0 Å². The van der Waals surface area contributed by atoms with Crippen molar-refractivity contribution in [2.45, 2.75) is 0 Å². The van der Waals surface area contributed by atoms with Gasteiger partial charge in [-0.15, -0.1) is 13.2 Å². The van der Waals surface area contributed by atoms with E-state index in [1.807, 2.05) is 0 Å². The van der Waals surface area contributed by atoms with E-state index >= 15 is 0 Å². The van der Waals surface area contributed by atoms with Crippen molar-refractivity contribution in [1.29, 1.82) is 0 Å². The van der Waals surface area contributed by atoms with Gasteiger partial charge in [0.05, 0.1) is 26.4 Å². The van der Waals surface area contributed by atoms with Crippen LogP contribution in [0.1, 0.15) is 0 Å². The Morgan fingerprint density at radius 3 is 1.64 bits per heavy atom. The molecule has 0 fully saturated rings. The first-order valence-electron chi connectivity index (χ1n) is 3.83. The lowest BCUT2D eigenvalue weighted by molar-refractivity contribution is -0.131. The molecule has 0 amide bonds. The van der Waals surface area contributed by atoms with E-state index < -0.39 is 5.97 Å². The molecule has 0 bridgehead atoms. The Morgan fingerprint density at radius 1 is 1.21 bits per heavy atom. The molecule has 0 saturated carbocycles. The summed E-state index contributed by atoms with van der Waals surface area (Å²) >= 11 is 0. The van der Waals surface area contributed by atoms with Crippen LogP contribution in [0, 0.1) is 0 Å². The minimum Gasteiger partial charge on any atom is -0.478 e. The molecule has 5 nitrogen and oxygen atoms in total. The summed E-state index contributed by atoms with van der Waals surface area (Å²) in [5.41, 5.74) is 0. The van der Waals surface area contributed by atoms with E-state index in [9.17, 15) is 4.79 Å². The van der Waals surface area contributed by atoms with Gasteiger partial charge >= 0.3 is 5.97 Å². The number of carboxylic acid groups (broad SMARTS) is 1. The lowest BCUT2D eigenvalue weighted by Crippen LogP contribution is -2.03. The highest BCUT2D eigenvalue weighted by Gasteiger charge is 1.79. The molecule has 0 aromatic rings. The smallest absolute Gasteiger partial charge is 0.327 e. The van der Waals surface area contributed by atoms with Gasteiger partial charge in [0, 0.05) is 6.08 Å². The Labute approximate surface area is 83.9 Å². The molecule has 14 heavy (non-hydrogen) atoms. The molecule has 0 saturated heterocycles. The zero-order valence-electron chi connectivity index (χ0n) is 8.19. The molecule has 0 spiro atoms. The molecule has 0 aromatic carbocycles. The summed E-state index contributed by atoms with van der Waals surface area (Å²) in [4.78, 5) is 9.25. The summed E-state index contributed by atoms with van der Waals surface area (Å²) in [7, 11) is 0. The van der Waals surface area contributed by atoms with Crippen LogP contribution >= 0.6 is 0 Å². The lowest BCUT2D eigenvalue weighted by Gasteiger charge is -1.94. The predicted molar refractivity (Wildman–Crippen MR) is 54.1 cm³/mol. The van der Waals surface area contributed by atoms with Gasteiger partial charge in [-0.3, -0.25) is 0 Å². The molecule has 0 aromatic heterocycles. The quantitative estimate of drug-likeness (QED) is 0.336. The maximum absolute atomic E-state index is 9.25. The van der Waals surface area contributed by atoms with E-state index in [1.54, 1.807) is 0 Å². The predicted octanol–water partition coefficient (Wildman–Crippen LogP) is 0.0468. The first-order valence-corrected chi connectivity index (χ1v) is 3.83. The SMILES string of the molecule is C=C.C=CC(=O)O.OCCOCCO. The van der Waals surface area contributed by atoms with E-state index in [1.165, 1.54) is 0 Å². The Morgan fingerprint density at radius 2 is 1.50 bits per heavy atom. The number of aliphatic hydroxyl groups is 2. The average Bonchev–Trinajstić information content (AvgIpc) is 2.22. The van der Waals surface area contributed by atoms with E-state index in [-0.39, 0.29) is 13.2 Å². The summed E-state index contributed by atoms with van der Waals surface area (Å²) < 4.78 is 4.63. The summed E-state index contributed by atoms with van der Waals surface area (Å²) in [6.45, 7) is 9.66. The molecule has 0 aliphatic carbocycles. The topological polar surface area (TPSA) is 87.0 Å². The molecule has 0 aliphatic heterocycles. The number of hydrogen-bond acceptors (Lipinski definition) is 4. The minimum atomic E-state index is -0.981. The first-order chi connectivity index (χ1) is 6.68. The van der Waals surface area contributed by atoms with E-state index in [2.05, 4.69) is 24.5 Å². The van der Waals surface area contributed by atoms with Crippen molar-refractivity contribution in [3.05, 3.63) is 25.8 Å². The van der Waals surface area contributed by atoms with E-state index in [0.29, 0.717) is 13.2 Å². The van der Waals surface area contributed by atoms with Crippen LogP contribution in [0.3, 0.4) is 0 Å². The Balaban J connectivity index is -0.000000152. The van der Waals surface area contributed by atoms with Gasteiger partial charge in [-0.25, -0.2) is 4.79 Å². The molecule has 3 N–H and O–H groups in total. The molecule has 5 heteroatoms. The number of carbonyl (C=O) groups is 1. The van der Waals surface area contributed by atoms with Crippen molar-refractivity contribution in [1.82, 2.24) is 0 Å². The summed E-state index contributed by atoms with van der Waals surface area (Å²) in [6.07, 6.45) is 0.833. The van der Waals surface area contributed by atoms with Crippen LogP contribution in [0.25, 0.3) is 0 Å². The van der Waals surface area contributed by atoms with Crippen molar-refractivity contribution >= 4 is 5.97 Å². The molecule has 84 valence electrons. The van der Waals surface area contributed by atoms with Gasteiger partial charge in [-0.2, -0.15) is 0 Å². The number of ether oxygens (including phenoxy) is 1. The second-order valence-electron chi connectivity index (χ2n) is 1.60. The molecule has 0 radical (unpaired) electrons. The maximum atomic E-state index is 9.25. The highest BCUT2D eigenvalue weighted by atomic mass is 16.5. The molecule has 0 aliphatic rings. The minimum absolute atomic E-state index is 0.0278. The largest absolute Gasteiger partial charge is 0.478 e. The van der Waals surface area contributed by atoms with Gasteiger partial charge in [-0.1, -0.05) is 6.58 Å².